The lowest BCUT2D eigenvalue weighted by Crippen LogP contribution is -2.16. The first-order chi connectivity index (χ1) is 8.95. The molecule has 0 fully saturated rings. The van der Waals surface area contributed by atoms with Crippen LogP contribution >= 0.6 is 0 Å². The molecule has 0 aromatic carbocycles. The number of nitrogens with zero attached hydrogens (tertiary/aromatic N) is 4. The maximum atomic E-state index is 11.0. The number of carboxylic acid groups (broad SMARTS) is 1. The molecule has 2 heterocycles. The maximum absolute atomic E-state index is 11.0. The van der Waals surface area contributed by atoms with Crippen molar-refractivity contribution >= 4 is 11.6 Å². The molecule has 1 unspecified atom stereocenters. The fourth-order valence-corrected chi connectivity index (χ4v) is 2.08. The highest BCUT2D eigenvalue weighted by Crippen LogP contribution is 2.19. The van der Waals surface area contributed by atoms with Gasteiger partial charge in [0.25, 0.3) is 0 Å². The van der Waals surface area contributed by atoms with Crippen LogP contribution < -0.4 is 0 Å². The number of aliphatic carboxylic acids is 1. The summed E-state index contributed by atoms with van der Waals surface area (Å²) >= 11 is 0. The lowest BCUT2D eigenvalue weighted by molar-refractivity contribution is -0.141. The summed E-state index contributed by atoms with van der Waals surface area (Å²) in [6.45, 7) is 5.35. The Morgan fingerprint density at radius 3 is 2.84 bits per heavy atom. The van der Waals surface area contributed by atoms with E-state index in [2.05, 4.69) is 10.1 Å². The zero-order valence-electron chi connectivity index (χ0n) is 11.0. The van der Waals surface area contributed by atoms with Gasteiger partial charge in [0.1, 0.15) is 11.6 Å². The van der Waals surface area contributed by atoms with Gasteiger partial charge in [-0.1, -0.05) is 6.92 Å². The summed E-state index contributed by atoms with van der Waals surface area (Å²) in [6, 6.07) is 2.04. The Kier molecular flexibility index (Phi) is 3.21. The van der Waals surface area contributed by atoms with E-state index in [1.54, 1.807) is 11.4 Å². The third-order valence-corrected chi connectivity index (χ3v) is 3.26. The van der Waals surface area contributed by atoms with Crippen LogP contribution in [0.25, 0.3) is 5.65 Å². The number of nitriles is 1. The average Bonchev–Trinajstić information content (AvgIpc) is 2.76. The van der Waals surface area contributed by atoms with Gasteiger partial charge in [-0.05, 0) is 25.8 Å². The van der Waals surface area contributed by atoms with Crippen molar-refractivity contribution in [1.29, 1.82) is 5.26 Å². The second-order valence-corrected chi connectivity index (χ2v) is 4.61. The number of fused-ring (bicyclic) bond motifs is 1. The van der Waals surface area contributed by atoms with Crippen molar-refractivity contribution in [3.8, 4) is 6.07 Å². The molecule has 1 atom stereocenters. The van der Waals surface area contributed by atoms with Crippen LogP contribution in [0.3, 0.4) is 0 Å². The normalized spacial score (nSPS) is 12.3. The summed E-state index contributed by atoms with van der Waals surface area (Å²) in [5.41, 5.74) is 3.38. The average molecular weight is 258 g/mol. The van der Waals surface area contributed by atoms with Gasteiger partial charge in [-0.2, -0.15) is 10.4 Å². The van der Waals surface area contributed by atoms with Gasteiger partial charge in [-0.3, -0.25) is 4.79 Å². The minimum atomic E-state index is -0.836. The van der Waals surface area contributed by atoms with Crippen molar-refractivity contribution in [1.82, 2.24) is 14.6 Å². The van der Waals surface area contributed by atoms with Gasteiger partial charge in [-0.25, -0.2) is 9.50 Å². The Bertz CT molecular complexity index is 697. The molecule has 0 spiro atoms. The van der Waals surface area contributed by atoms with Crippen LogP contribution in [-0.2, 0) is 11.2 Å². The molecule has 1 N–H and O–H groups in total. The van der Waals surface area contributed by atoms with Crippen molar-refractivity contribution in [2.24, 2.45) is 5.92 Å². The summed E-state index contributed by atoms with van der Waals surface area (Å²) in [7, 11) is 0. The first kappa shape index (κ1) is 13.0. The topological polar surface area (TPSA) is 91.3 Å². The molecule has 0 radical (unpaired) electrons. The predicted molar refractivity (Wildman–Crippen MR) is 67.7 cm³/mol. The van der Waals surface area contributed by atoms with E-state index < -0.39 is 11.9 Å². The third-order valence-electron chi connectivity index (χ3n) is 3.26. The van der Waals surface area contributed by atoms with E-state index in [1.165, 1.54) is 6.20 Å². The molecule has 0 amide bonds. The van der Waals surface area contributed by atoms with Crippen molar-refractivity contribution in [2.45, 2.75) is 27.2 Å². The molecule has 0 aliphatic carbocycles. The lowest BCUT2D eigenvalue weighted by Gasteiger charge is -2.13. The molecular formula is C13H14N4O2. The second kappa shape index (κ2) is 4.69. The van der Waals surface area contributed by atoms with E-state index in [-0.39, 0.29) is 0 Å². The van der Waals surface area contributed by atoms with Gasteiger partial charge < -0.3 is 5.11 Å². The number of rotatable bonds is 3. The van der Waals surface area contributed by atoms with E-state index in [0.29, 0.717) is 17.6 Å². The Balaban J connectivity index is 2.58. The monoisotopic (exact) mass is 258 g/mol. The molecule has 0 saturated heterocycles. The van der Waals surface area contributed by atoms with Gasteiger partial charge in [0.2, 0.25) is 0 Å². The SMILES string of the molecule is Cc1nc2c(C#N)cnn2c(C)c1CC(C)C(=O)O. The fourth-order valence-electron chi connectivity index (χ4n) is 2.08. The molecule has 98 valence electrons. The first-order valence-electron chi connectivity index (χ1n) is 5.92. The molecule has 0 bridgehead atoms. The lowest BCUT2D eigenvalue weighted by atomic mass is 9.99. The number of carboxylic acids is 1. The highest BCUT2D eigenvalue weighted by atomic mass is 16.4. The highest BCUT2D eigenvalue weighted by molar-refractivity contribution is 5.70. The number of aromatic nitrogens is 3. The Hall–Kier alpha value is -2.42. The zero-order chi connectivity index (χ0) is 14.2. The standard InChI is InChI=1S/C13H14N4O2/c1-7(13(18)19)4-11-8(2)16-12-10(5-14)6-15-17(12)9(11)3/h6-7H,4H2,1-3H3,(H,18,19). The smallest absolute Gasteiger partial charge is 0.306 e. The van der Waals surface area contributed by atoms with Crippen LogP contribution in [0.4, 0.5) is 0 Å². The molecule has 0 aliphatic rings. The van der Waals surface area contributed by atoms with E-state index in [4.69, 9.17) is 10.4 Å². The molecule has 2 aromatic rings. The first-order valence-corrected chi connectivity index (χ1v) is 5.92. The number of hydrogen-bond donors (Lipinski definition) is 1. The van der Waals surface area contributed by atoms with E-state index in [9.17, 15) is 4.79 Å². The number of aryl methyl sites for hydroxylation is 2. The molecule has 0 aliphatic heterocycles. The van der Waals surface area contributed by atoms with Crippen molar-refractivity contribution in [2.75, 3.05) is 0 Å². The molecule has 2 aromatic heterocycles. The summed E-state index contributed by atoms with van der Waals surface area (Å²) in [5.74, 6) is -1.32. The third kappa shape index (κ3) is 2.15. The van der Waals surface area contributed by atoms with Crippen molar-refractivity contribution in [3.05, 3.63) is 28.7 Å². The molecule has 6 nitrogen and oxygen atoms in total. The zero-order valence-corrected chi connectivity index (χ0v) is 11.0. The van der Waals surface area contributed by atoms with Gasteiger partial charge >= 0.3 is 5.97 Å². The fraction of sp³-hybridized carbons (Fsp3) is 0.385. The number of carbonyl (C=O) groups is 1. The van der Waals surface area contributed by atoms with Gasteiger partial charge in [0.15, 0.2) is 5.65 Å². The van der Waals surface area contributed by atoms with Gasteiger partial charge in [0.05, 0.1) is 12.1 Å². The minimum absolute atomic E-state index is 0.400. The van der Waals surface area contributed by atoms with Crippen LogP contribution in [0, 0.1) is 31.1 Å². The van der Waals surface area contributed by atoms with E-state index >= 15 is 0 Å². The van der Waals surface area contributed by atoms with Crippen molar-refractivity contribution in [3.63, 3.8) is 0 Å². The van der Waals surface area contributed by atoms with Crippen LogP contribution in [0.2, 0.25) is 0 Å². The minimum Gasteiger partial charge on any atom is -0.481 e. The Morgan fingerprint density at radius 1 is 1.58 bits per heavy atom. The number of hydrogen-bond acceptors (Lipinski definition) is 4. The van der Waals surface area contributed by atoms with E-state index in [0.717, 1.165) is 17.0 Å². The molecule has 19 heavy (non-hydrogen) atoms. The largest absolute Gasteiger partial charge is 0.481 e. The van der Waals surface area contributed by atoms with Crippen molar-refractivity contribution < 1.29 is 9.90 Å². The second-order valence-electron chi connectivity index (χ2n) is 4.61. The Morgan fingerprint density at radius 2 is 2.26 bits per heavy atom. The summed E-state index contributed by atoms with van der Waals surface area (Å²) in [5, 5.41) is 22.1. The highest BCUT2D eigenvalue weighted by Gasteiger charge is 2.18. The summed E-state index contributed by atoms with van der Waals surface area (Å²) in [6.07, 6.45) is 1.87. The molecule has 6 heteroatoms. The summed E-state index contributed by atoms with van der Waals surface area (Å²) in [4.78, 5) is 15.3. The van der Waals surface area contributed by atoms with Crippen LogP contribution in [0.5, 0.6) is 0 Å². The predicted octanol–water partition coefficient (Wildman–Crippen LogP) is 1.48. The van der Waals surface area contributed by atoms with Crippen LogP contribution in [0.15, 0.2) is 6.20 Å². The summed E-state index contributed by atoms with van der Waals surface area (Å²) < 4.78 is 1.59. The Labute approximate surface area is 110 Å². The van der Waals surface area contributed by atoms with Gasteiger partial charge in [-0.15, -0.1) is 0 Å². The van der Waals surface area contributed by atoms with E-state index in [1.807, 2.05) is 19.9 Å². The van der Waals surface area contributed by atoms with Crippen LogP contribution in [-0.4, -0.2) is 25.7 Å². The quantitative estimate of drug-likeness (QED) is 0.900. The molecular weight excluding hydrogens is 244 g/mol. The van der Waals surface area contributed by atoms with Gasteiger partial charge in [0, 0.05) is 11.4 Å². The van der Waals surface area contributed by atoms with Crippen LogP contribution in [0.1, 0.15) is 29.4 Å². The molecule has 0 saturated carbocycles. The molecule has 2 rings (SSSR count). The maximum Gasteiger partial charge on any atom is 0.306 e.